The van der Waals surface area contributed by atoms with Crippen molar-refractivity contribution in [1.82, 2.24) is 0 Å². The molecule has 0 spiro atoms. The number of ether oxygens (including phenoxy) is 1. The van der Waals surface area contributed by atoms with Crippen molar-refractivity contribution in [2.75, 3.05) is 12.0 Å². The van der Waals surface area contributed by atoms with Gasteiger partial charge in [-0.05, 0) is 85.1 Å². The van der Waals surface area contributed by atoms with Gasteiger partial charge < -0.3 is 14.1 Å². The maximum absolute atomic E-state index is 12.8. The first-order valence-electron chi connectivity index (χ1n) is 11.2. The first-order chi connectivity index (χ1) is 16.5. The van der Waals surface area contributed by atoms with Crippen LogP contribution in [0.1, 0.15) is 11.1 Å². The molecule has 1 heterocycles. The Morgan fingerprint density at radius 2 is 1.35 bits per heavy atom. The molecule has 0 saturated heterocycles. The van der Waals surface area contributed by atoms with Crippen LogP contribution in [0.5, 0.6) is 5.75 Å². The van der Waals surface area contributed by atoms with E-state index >= 15 is 0 Å². The molecule has 4 heteroatoms. The molecule has 0 aliphatic heterocycles. The number of hydrogen-bond acceptors (Lipinski definition) is 4. The maximum Gasteiger partial charge on any atom is 0.344 e. The van der Waals surface area contributed by atoms with Crippen LogP contribution < -0.4 is 15.3 Å². The summed E-state index contributed by atoms with van der Waals surface area (Å²) >= 11 is 0. The minimum Gasteiger partial charge on any atom is -0.497 e. The zero-order valence-corrected chi connectivity index (χ0v) is 19.4. The fourth-order valence-corrected chi connectivity index (χ4v) is 4.19. The van der Waals surface area contributed by atoms with Crippen molar-refractivity contribution in [3.05, 3.63) is 119 Å². The lowest BCUT2D eigenvalue weighted by atomic mass is 10.0. The topological polar surface area (TPSA) is 42.7 Å². The van der Waals surface area contributed by atoms with Crippen molar-refractivity contribution in [3.63, 3.8) is 0 Å². The van der Waals surface area contributed by atoms with Crippen LogP contribution in [0.3, 0.4) is 0 Å². The van der Waals surface area contributed by atoms with Crippen molar-refractivity contribution in [2.24, 2.45) is 0 Å². The molecule has 1 aromatic heterocycles. The third-order valence-electron chi connectivity index (χ3n) is 5.90. The molecule has 4 aromatic carbocycles. The van der Waals surface area contributed by atoms with Crippen molar-refractivity contribution < 1.29 is 9.15 Å². The number of benzene rings is 4. The largest absolute Gasteiger partial charge is 0.497 e. The van der Waals surface area contributed by atoms with Gasteiger partial charge in [-0.1, -0.05) is 36.4 Å². The summed E-state index contributed by atoms with van der Waals surface area (Å²) in [7, 11) is 1.59. The number of methoxy groups -OCH3 is 1. The molecule has 5 rings (SSSR count). The maximum atomic E-state index is 12.8. The monoisotopic (exact) mass is 447 g/mol. The summed E-state index contributed by atoms with van der Waals surface area (Å²) < 4.78 is 10.8. The lowest BCUT2D eigenvalue weighted by Crippen LogP contribution is -2.10. The highest BCUT2D eigenvalue weighted by Gasteiger charge is 2.14. The van der Waals surface area contributed by atoms with E-state index in [1.54, 1.807) is 13.2 Å². The Bertz CT molecular complexity index is 1490. The molecular weight excluding hydrogens is 422 g/mol. The first kappa shape index (κ1) is 21.5. The molecule has 34 heavy (non-hydrogen) atoms. The van der Waals surface area contributed by atoms with E-state index in [1.807, 2.05) is 42.5 Å². The van der Waals surface area contributed by atoms with Crippen molar-refractivity contribution in [1.29, 1.82) is 0 Å². The lowest BCUT2D eigenvalue weighted by Gasteiger charge is -2.26. The standard InChI is InChI=1S/C30H25NO3/c1-20-6-4-8-25(16-20)31(26-9-5-7-21(2)17-26)24-13-10-22(11-14-24)28-18-23-12-15-27(33-3)19-29(23)34-30(28)32/h4-19H,1-3H3. The van der Waals surface area contributed by atoms with Crippen molar-refractivity contribution in [2.45, 2.75) is 13.8 Å². The average molecular weight is 448 g/mol. The summed E-state index contributed by atoms with van der Waals surface area (Å²) in [5.74, 6) is 0.653. The van der Waals surface area contributed by atoms with E-state index in [0.717, 1.165) is 28.0 Å². The minimum atomic E-state index is -0.372. The van der Waals surface area contributed by atoms with Gasteiger partial charge >= 0.3 is 5.63 Å². The normalized spacial score (nSPS) is 10.9. The predicted molar refractivity (Wildman–Crippen MR) is 139 cm³/mol. The molecule has 0 aliphatic rings. The van der Waals surface area contributed by atoms with Gasteiger partial charge in [-0.25, -0.2) is 4.79 Å². The van der Waals surface area contributed by atoms with Gasteiger partial charge in [0.25, 0.3) is 0 Å². The van der Waals surface area contributed by atoms with E-state index in [0.29, 0.717) is 16.9 Å². The lowest BCUT2D eigenvalue weighted by molar-refractivity contribution is 0.414. The Morgan fingerprint density at radius 1 is 0.706 bits per heavy atom. The van der Waals surface area contributed by atoms with Gasteiger partial charge in [0.1, 0.15) is 11.3 Å². The van der Waals surface area contributed by atoms with Gasteiger partial charge in [0.2, 0.25) is 0 Å². The molecule has 0 bridgehead atoms. The summed E-state index contributed by atoms with van der Waals surface area (Å²) in [5.41, 5.74) is 7.03. The van der Waals surface area contributed by atoms with Crippen LogP contribution in [0.4, 0.5) is 17.1 Å². The van der Waals surface area contributed by atoms with Gasteiger partial charge in [0.15, 0.2) is 0 Å². The van der Waals surface area contributed by atoms with E-state index in [1.165, 1.54) is 11.1 Å². The van der Waals surface area contributed by atoms with Crippen LogP contribution in [0.25, 0.3) is 22.1 Å². The van der Waals surface area contributed by atoms with Crippen LogP contribution in [0.2, 0.25) is 0 Å². The molecule has 0 aliphatic carbocycles. The van der Waals surface area contributed by atoms with Crippen molar-refractivity contribution in [3.8, 4) is 16.9 Å². The number of aryl methyl sites for hydroxylation is 2. The van der Waals surface area contributed by atoms with Crippen LogP contribution >= 0.6 is 0 Å². The third kappa shape index (κ3) is 4.18. The van der Waals surface area contributed by atoms with Gasteiger partial charge in [-0.3, -0.25) is 0 Å². The average Bonchev–Trinajstić information content (AvgIpc) is 2.84. The molecule has 0 unspecified atom stereocenters. The number of hydrogen-bond donors (Lipinski definition) is 0. The molecule has 0 N–H and O–H groups in total. The summed E-state index contributed by atoms with van der Waals surface area (Å²) in [5, 5.41) is 0.848. The molecule has 4 nitrogen and oxygen atoms in total. The first-order valence-corrected chi connectivity index (χ1v) is 11.2. The number of rotatable bonds is 5. The van der Waals surface area contributed by atoms with Crippen molar-refractivity contribution >= 4 is 28.0 Å². The molecular formula is C30H25NO3. The van der Waals surface area contributed by atoms with Crippen LogP contribution in [-0.2, 0) is 0 Å². The molecule has 0 radical (unpaired) electrons. The Labute approximate surface area is 198 Å². The SMILES string of the molecule is COc1ccc2cc(-c3ccc(N(c4cccc(C)c4)c4cccc(C)c4)cc3)c(=O)oc2c1. The second-order valence-corrected chi connectivity index (χ2v) is 8.41. The molecule has 0 amide bonds. The zero-order chi connectivity index (χ0) is 23.7. The Balaban J connectivity index is 1.57. The minimum absolute atomic E-state index is 0.372. The smallest absolute Gasteiger partial charge is 0.344 e. The highest BCUT2D eigenvalue weighted by atomic mass is 16.5. The highest BCUT2D eigenvalue weighted by molar-refractivity contribution is 5.84. The van der Waals surface area contributed by atoms with Gasteiger partial charge in [-0.2, -0.15) is 0 Å². The fourth-order valence-electron chi connectivity index (χ4n) is 4.19. The second-order valence-electron chi connectivity index (χ2n) is 8.41. The quantitative estimate of drug-likeness (QED) is 0.261. The van der Waals surface area contributed by atoms with Crippen LogP contribution in [0.15, 0.2) is 106 Å². The molecule has 0 saturated carbocycles. The number of fused-ring (bicyclic) bond motifs is 1. The fraction of sp³-hybridized carbons (Fsp3) is 0.100. The van der Waals surface area contributed by atoms with Gasteiger partial charge in [0.05, 0.1) is 12.7 Å². The highest BCUT2D eigenvalue weighted by Crippen LogP contribution is 2.36. The third-order valence-corrected chi connectivity index (χ3v) is 5.90. The van der Waals surface area contributed by atoms with E-state index in [9.17, 15) is 4.79 Å². The summed E-state index contributed by atoms with van der Waals surface area (Å²) in [4.78, 5) is 15.0. The van der Waals surface area contributed by atoms with E-state index in [4.69, 9.17) is 9.15 Å². The van der Waals surface area contributed by atoms with Gasteiger partial charge in [-0.15, -0.1) is 0 Å². The second kappa shape index (κ2) is 8.91. The van der Waals surface area contributed by atoms with E-state index < -0.39 is 0 Å². The predicted octanol–water partition coefficient (Wildman–Crippen LogP) is 7.56. The summed E-state index contributed by atoms with van der Waals surface area (Å²) in [6, 6.07) is 32.2. The van der Waals surface area contributed by atoms with Crippen LogP contribution in [-0.4, -0.2) is 7.11 Å². The summed E-state index contributed by atoms with van der Waals surface area (Å²) in [6.07, 6.45) is 0. The van der Waals surface area contributed by atoms with Crippen LogP contribution in [0, 0.1) is 13.8 Å². The van der Waals surface area contributed by atoms with E-state index in [2.05, 4.69) is 67.3 Å². The zero-order valence-electron chi connectivity index (χ0n) is 19.4. The molecule has 0 fully saturated rings. The van der Waals surface area contributed by atoms with E-state index in [-0.39, 0.29) is 5.63 Å². The number of nitrogens with zero attached hydrogens (tertiary/aromatic N) is 1. The Hall–Kier alpha value is -4.31. The van der Waals surface area contributed by atoms with Gasteiger partial charge in [0, 0.05) is 28.5 Å². The molecule has 168 valence electrons. The molecule has 0 atom stereocenters. The number of anilines is 3. The Morgan fingerprint density at radius 3 is 1.94 bits per heavy atom. The molecule has 5 aromatic rings. The summed E-state index contributed by atoms with van der Waals surface area (Å²) in [6.45, 7) is 4.19. The Kier molecular flexibility index (Phi) is 5.64.